The number of ether oxygens (including phenoxy) is 1. The second-order valence-corrected chi connectivity index (χ2v) is 4.67. The summed E-state index contributed by atoms with van der Waals surface area (Å²) in [5.41, 5.74) is 0. The van der Waals surface area contributed by atoms with Crippen LogP contribution in [0, 0.1) is 0 Å². The highest BCUT2D eigenvalue weighted by molar-refractivity contribution is 7.09. The first-order valence-corrected chi connectivity index (χ1v) is 6.36. The molecule has 2 rings (SSSR count). The second-order valence-electron chi connectivity index (χ2n) is 3.64. The van der Waals surface area contributed by atoms with E-state index in [4.69, 9.17) is 4.74 Å². The normalized spacial score (nSPS) is 17.3. The van der Waals surface area contributed by atoms with Crippen molar-refractivity contribution in [1.29, 1.82) is 0 Å². The average molecular weight is 223 g/mol. The Labute approximate surface area is 95.0 Å². The summed E-state index contributed by atoms with van der Waals surface area (Å²) in [5, 5.41) is 5.60. The van der Waals surface area contributed by atoms with Gasteiger partial charge in [-0.2, -0.15) is 0 Å². The predicted molar refractivity (Wildman–Crippen MR) is 64.1 cm³/mol. The molecule has 1 aromatic rings. The van der Waals surface area contributed by atoms with Gasteiger partial charge in [0.1, 0.15) is 5.76 Å². The Balaban J connectivity index is 1.99. The fourth-order valence-electron chi connectivity index (χ4n) is 1.83. The lowest BCUT2D eigenvalue weighted by Gasteiger charge is -2.18. The van der Waals surface area contributed by atoms with Gasteiger partial charge >= 0.3 is 0 Å². The van der Waals surface area contributed by atoms with E-state index in [1.807, 2.05) is 11.3 Å². The number of nitrogens with one attached hydrogen (secondary N) is 1. The van der Waals surface area contributed by atoms with E-state index in [9.17, 15) is 0 Å². The van der Waals surface area contributed by atoms with Crippen molar-refractivity contribution in [2.75, 3.05) is 13.2 Å². The van der Waals surface area contributed by atoms with Gasteiger partial charge in [0.05, 0.1) is 12.6 Å². The van der Waals surface area contributed by atoms with Gasteiger partial charge in [-0.25, -0.2) is 0 Å². The van der Waals surface area contributed by atoms with Gasteiger partial charge in [0.2, 0.25) is 0 Å². The van der Waals surface area contributed by atoms with E-state index >= 15 is 0 Å². The molecule has 1 N–H and O–H groups in total. The topological polar surface area (TPSA) is 21.3 Å². The van der Waals surface area contributed by atoms with Gasteiger partial charge in [-0.15, -0.1) is 11.3 Å². The van der Waals surface area contributed by atoms with Crippen molar-refractivity contribution in [3.63, 3.8) is 0 Å². The third-order valence-electron chi connectivity index (χ3n) is 2.51. The molecule has 0 aliphatic carbocycles. The van der Waals surface area contributed by atoms with E-state index in [-0.39, 0.29) is 0 Å². The molecule has 2 nitrogen and oxygen atoms in total. The van der Waals surface area contributed by atoms with E-state index < -0.39 is 0 Å². The smallest absolute Gasteiger partial charge is 0.109 e. The van der Waals surface area contributed by atoms with Crippen LogP contribution in [-0.2, 0) is 11.2 Å². The van der Waals surface area contributed by atoms with Gasteiger partial charge < -0.3 is 10.1 Å². The molecule has 0 saturated carbocycles. The average Bonchev–Trinajstić information content (AvgIpc) is 2.89. The SMILES string of the molecule is CCNC(Cc1cccs1)C1=CCCO1. The number of hydrogen-bond acceptors (Lipinski definition) is 3. The summed E-state index contributed by atoms with van der Waals surface area (Å²) in [6.45, 7) is 3.97. The third-order valence-corrected chi connectivity index (χ3v) is 3.41. The van der Waals surface area contributed by atoms with Crippen LogP contribution in [0.5, 0.6) is 0 Å². The molecule has 0 radical (unpaired) electrons. The lowest BCUT2D eigenvalue weighted by molar-refractivity contribution is 0.215. The molecule has 0 bridgehead atoms. The maximum absolute atomic E-state index is 5.62. The molecule has 3 heteroatoms. The van der Waals surface area contributed by atoms with E-state index in [0.717, 1.165) is 31.8 Å². The van der Waals surface area contributed by atoms with Crippen molar-refractivity contribution < 1.29 is 4.74 Å². The van der Waals surface area contributed by atoms with Crippen molar-refractivity contribution in [3.05, 3.63) is 34.2 Å². The number of rotatable bonds is 5. The van der Waals surface area contributed by atoms with Crippen LogP contribution in [-0.4, -0.2) is 19.2 Å². The van der Waals surface area contributed by atoms with E-state index in [1.165, 1.54) is 4.88 Å². The second kappa shape index (κ2) is 5.33. The third kappa shape index (κ3) is 2.83. The Morgan fingerprint density at radius 2 is 2.53 bits per heavy atom. The molecule has 1 aromatic heterocycles. The minimum absolute atomic E-state index is 0.358. The molecule has 0 saturated heterocycles. The zero-order chi connectivity index (χ0) is 10.5. The summed E-state index contributed by atoms with van der Waals surface area (Å²) in [7, 11) is 0. The molecule has 1 unspecified atom stereocenters. The number of likely N-dealkylation sites (N-methyl/N-ethyl adjacent to an activating group) is 1. The highest BCUT2D eigenvalue weighted by Gasteiger charge is 2.18. The molecule has 2 heterocycles. The van der Waals surface area contributed by atoms with E-state index in [2.05, 4.69) is 35.8 Å². The van der Waals surface area contributed by atoms with Gasteiger partial charge in [-0.1, -0.05) is 13.0 Å². The molecule has 0 amide bonds. The highest BCUT2D eigenvalue weighted by atomic mass is 32.1. The summed E-state index contributed by atoms with van der Waals surface area (Å²) in [4.78, 5) is 1.41. The van der Waals surface area contributed by atoms with Crippen LogP contribution in [0.1, 0.15) is 18.2 Å². The van der Waals surface area contributed by atoms with Gasteiger partial charge in [-0.05, 0) is 24.1 Å². The lowest BCUT2D eigenvalue weighted by Crippen LogP contribution is -2.32. The van der Waals surface area contributed by atoms with Crippen molar-refractivity contribution >= 4 is 11.3 Å². The van der Waals surface area contributed by atoms with Crippen molar-refractivity contribution in [1.82, 2.24) is 5.32 Å². The van der Waals surface area contributed by atoms with Crippen LogP contribution >= 0.6 is 11.3 Å². The van der Waals surface area contributed by atoms with E-state index in [1.54, 1.807) is 0 Å². The summed E-state index contributed by atoms with van der Waals surface area (Å²) >= 11 is 1.81. The first kappa shape index (κ1) is 10.7. The largest absolute Gasteiger partial charge is 0.496 e. The maximum Gasteiger partial charge on any atom is 0.109 e. The van der Waals surface area contributed by atoms with Crippen LogP contribution in [0.25, 0.3) is 0 Å². The summed E-state index contributed by atoms with van der Waals surface area (Å²) in [6, 6.07) is 4.65. The monoisotopic (exact) mass is 223 g/mol. The zero-order valence-electron chi connectivity index (χ0n) is 9.03. The molecule has 1 aliphatic heterocycles. The van der Waals surface area contributed by atoms with Crippen molar-refractivity contribution in [3.8, 4) is 0 Å². The predicted octanol–water partition coefficient (Wildman–Crippen LogP) is 2.57. The molecule has 0 spiro atoms. The molecule has 1 atom stereocenters. The molecule has 15 heavy (non-hydrogen) atoms. The van der Waals surface area contributed by atoms with Crippen molar-refractivity contribution in [2.24, 2.45) is 0 Å². The van der Waals surface area contributed by atoms with Gasteiger partial charge in [0.25, 0.3) is 0 Å². The summed E-state index contributed by atoms with van der Waals surface area (Å²) < 4.78 is 5.62. The molecular weight excluding hydrogens is 206 g/mol. The van der Waals surface area contributed by atoms with Crippen LogP contribution in [0.3, 0.4) is 0 Å². The Morgan fingerprint density at radius 1 is 1.60 bits per heavy atom. The molecular formula is C12H17NOS. The first-order chi connectivity index (χ1) is 7.40. The zero-order valence-corrected chi connectivity index (χ0v) is 9.85. The van der Waals surface area contributed by atoms with Crippen molar-refractivity contribution in [2.45, 2.75) is 25.8 Å². The minimum Gasteiger partial charge on any atom is -0.496 e. The standard InChI is InChI=1S/C12H17NOS/c1-2-13-11(12-6-3-7-14-12)9-10-5-4-8-15-10/h4-6,8,11,13H,2-3,7,9H2,1H3. The molecule has 1 aliphatic rings. The molecule has 0 fully saturated rings. The quantitative estimate of drug-likeness (QED) is 0.828. The Morgan fingerprint density at radius 3 is 3.13 bits per heavy atom. The highest BCUT2D eigenvalue weighted by Crippen LogP contribution is 2.19. The number of thiophene rings is 1. The maximum atomic E-state index is 5.62. The van der Waals surface area contributed by atoms with Crippen LogP contribution < -0.4 is 5.32 Å². The van der Waals surface area contributed by atoms with Gasteiger partial charge in [-0.3, -0.25) is 0 Å². The fraction of sp³-hybridized carbons (Fsp3) is 0.500. The molecule has 82 valence electrons. The molecule has 0 aromatic carbocycles. The minimum atomic E-state index is 0.358. The summed E-state index contributed by atoms with van der Waals surface area (Å²) in [6.07, 6.45) is 4.31. The first-order valence-electron chi connectivity index (χ1n) is 5.48. The van der Waals surface area contributed by atoms with Gasteiger partial charge in [0, 0.05) is 17.7 Å². The van der Waals surface area contributed by atoms with Gasteiger partial charge in [0.15, 0.2) is 0 Å². The lowest BCUT2D eigenvalue weighted by atomic mass is 10.1. The Kier molecular flexibility index (Phi) is 3.80. The van der Waals surface area contributed by atoms with E-state index in [0.29, 0.717) is 6.04 Å². The van der Waals surface area contributed by atoms with Crippen LogP contribution in [0.15, 0.2) is 29.3 Å². The number of hydrogen-bond donors (Lipinski definition) is 1. The Bertz CT molecular complexity index is 318. The van der Waals surface area contributed by atoms with Crippen LogP contribution in [0.4, 0.5) is 0 Å². The Hall–Kier alpha value is -0.800. The summed E-state index contributed by atoms with van der Waals surface area (Å²) in [5.74, 6) is 1.13. The fourth-order valence-corrected chi connectivity index (χ4v) is 2.58. The van der Waals surface area contributed by atoms with Crippen LogP contribution in [0.2, 0.25) is 0 Å².